The van der Waals surface area contributed by atoms with E-state index >= 15 is 0 Å². The van der Waals surface area contributed by atoms with E-state index < -0.39 is 62.2 Å². The predicted octanol–water partition coefficient (Wildman–Crippen LogP) is -1.28. The van der Waals surface area contributed by atoms with Gasteiger partial charge in [-0.3, -0.25) is 29.0 Å². The summed E-state index contributed by atoms with van der Waals surface area (Å²) in [6, 6.07) is -0.512. The van der Waals surface area contributed by atoms with Gasteiger partial charge in [-0.2, -0.15) is 0 Å². The number of ether oxygens (including phenoxy) is 1. The van der Waals surface area contributed by atoms with Crippen LogP contribution in [-0.2, 0) is 23.9 Å². The van der Waals surface area contributed by atoms with Crippen LogP contribution >= 0.6 is 0 Å². The van der Waals surface area contributed by atoms with Crippen molar-refractivity contribution in [2.24, 2.45) is 0 Å². The first kappa shape index (κ1) is 22.8. The van der Waals surface area contributed by atoms with Crippen molar-refractivity contribution in [1.29, 1.82) is 0 Å². The van der Waals surface area contributed by atoms with Gasteiger partial charge in [-0.1, -0.05) is 0 Å². The molecule has 0 rings (SSSR count). The number of hydrogen-bond acceptors (Lipinski definition) is 7. The average molecular weight is 364 g/mol. The van der Waals surface area contributed by atoms with Crippen molar-refractivity contribution in [2.75, 3.05) is 39.3 Å². The fourth-order valence-corrected chi connectivity index (χ4v) is 2.11. The van der Waals surface area contributed by atoms with E-state index in [1.165, 1.54) is 9.80 Å². The lowest BCUT2D eigenvalue weighted by Crippen LogP contribution is -2.44. The molecule has 0 amide bonds. The van der Waals surface area contributed by atoms with Crippen LogP contribution in [-0.4, -0.2) is 106 Å². The van der Waals surface area contributed by atoms with Crippen molar-refractivity contribution in [1.82, 2.24) is 9.80 Å². The Labute approximate surface area is 144 Å². The molecule has 2 atom stereocenters. The topological polar surface area (TPSA) is 165 Å². The van der Waals surface area contributed by atoms with Gasteiger partial charge in [0.25, 0.3) is 0 Å². The van der Waals surface area contributed by atoms with Crippen LogP contribution in [0.5, 0.6) is 0 Å². The summed E-state index contributed by atoms with van der Waals surface area (Å²) >= 11 is 0. The van der Waals surface area contributed by atoms with Gasteiger partial charge in [0.1, 0.15) is 0 Å². The summed E-state index contributed by atoms with van der Waals surface area (Å²) in [5.74, 6) is -4.68. The second kappa shape index (κ2) is 11.3. The minimum absolute atomic E-state index is 0.00963. The van der Waals surface area contributed by atoms with E-state index in [9.17, 15) is 19.2 Å². The first-order valence-corrected chi connectivity index (χ1v) is 7.46. The maximum absolute atomic E-state index is 10.8. The largest absolute Gasteiger partial charge is 0.480 e. The van der Waals surface area contributed by atoms with Gasteiger partial charge in [-0.05, 0) is 13.8 Å². The highest BCUT2D eigenvalue weighted by molar-refractivity contribution is 5.73. The summed E-state index contributed by atoms with van der Waals surface area (Å²) in [6.07, 6.45) is -0.530. The lowest BCUT2D eigenvalue weighted by atomic mass is 10.2. The van der Waals surface area contributed by atoms with Crippen LogP contribution < -0.4 is 0 Å². The molecule has 0 fully saturated rings. The fraction of sp³-hybridized carbons (Fsp3) is 0.714. The van der Waals surface area contributed by atoms with E-state index in [2.05, 4.69) is 0 Å². The number of nitrogens with zero attached hydrogens (tertiary/aromatic N) is 2. The first-order chi connectivity index (χ1) is 11.5. The molecule has 0 spiro atoms. The van der Waals surface area contributed by atoms with Crippen molar-refractivity contribution in [3.05, 3.63) is 0 Å². The molecule has 11 nitrogen and oxygen atoms in total. The predicted molar refractivity (Wildman–Crippen MR) is 83.4 cm³/mol. The maximum Gasteiger partial charge on any atom is 0.317 e. The summed E-state index contributed by atoms with van der Waals surface area (Å²) in [6.45, 7) is 1.43. The van der Waals surface area contributed by atoms with E-state index in [-0.39, 0.29) is 13.2 Å². The van der Waals surface area contributed by atoms with E-state index in [1.807, 2.05) is 0 Å². The second-order valence-corrected chi connectivity index (χ2v) is 5.64. The van der Waals surface area contributed by atoms with E-state index in [1.54, 1.807) is 13.8 Å². The molecule has 0 aliphatic rings. The zero-order valence-corrected chi connectivity index (χ0v) is 14.1. The Morgan fingerprint density at radius 3 is 1.56 bits per heavy atom. The van der Waals surface area contributed by atoms with Gasteiger partial charge in [0.05, 0.1) is 38.9 Å². The molecule has 0 heterocycles. The van der Waals surface area contributed by atoms with Gasteiger partial charge < -0.3 is 25.2 Å². The molecular weight excluding hydrogens is 340 g/mol. The summed E-state index contributed by atoms with van der Waals surface area (Å²) < 4.78 is 5.49. The van der Waals surface area contributed by atoms with Crippen molar-refractivity contribution in [2.45, 2.75) is 26.0 Å². The van der Waals surface area contributed by atoms with Crippen molar-refractivity contribution in [3.63, 3.8) is 0 Å². The summed E-state index contributed by atoms with van der Waals surface area (Å²) in [4.78, 5) is 45.5. The molecule has 4 N–H and O–H groups in total. The lowest BCUT2D eigenvalue weighted by molar-refractivity contribution is -0.144. The molecule has 0 aromatic rings. The van der Waals surface area contributed by atoms with Crippen molar-refractivity contribution in [3.8, 4) is 0 Å². The first-order valence-electron chi connectivity index (χ1n) is 7.46. The van der Waals surface area contributed by atoms with Crippen LogP contribution in [0.25, 0.3) is 0 Å². The summed E-state index contributed by atoms with van der Waals surface area (Å²) in [5, 5.41) is 35.2. The number of carboxylic acids is 4. The van der Waals surface area contributed by atoms with Crippen LogP contribution in [0.4, 0.5) is 0 Å². The van der Waals surface area contributed by atoms with Crippen molar-refractivity contribution < 1.29 is 44.3 Å². The van der Waals surface area contributed by atoms with E-state index in [0.29, 0.717) is 0 Å². The molecule has 0 radical (unpaired) electrons. The fourth-order valence-electron chi connectivity index (χ4n) is 2.11. The molecule has 0 aromatic heterocycles. The number of carbonyl (C=O) groups is 4. The lowest BCUT2D eigenvalue weighted by Gasteiger charge is -2.28. The number of carboxylic acid groups (broad SMARTS) is 4. The normalized spacial score (nSPS) is 13.6. The highest BCUT2D eigenvalue weighted by Gasteiger charge is 2.22. The molecule has 0 saturated carbocycles. The highest BCUT2D eigenvalue weighted by atomic mass is 16.5. The van der Waals surface area contributed by atoms with Crippen molar-refractivity contribution >= 4 is 23.9 Å². The van der Waals surface area contributed by atoms with Crippen LogP contribution in [0, 0.1) is 0 Å². The molecule has 144 valence electrons. The molecule has 0 aliphatic heterocycles. The van der Waals surface area contributed by atoms with Crippen LogP contribution in [0.1, 0.15) is 13.8 Å². The molecule has 0 aromatic carbocycles. The SMILES string of the molecule is CC(CN(CC(=O)O)CC(=O)O)OCC(C)N(CC(=O)O)CC(=O)O. The minimum atomic E-state index is -1.17. The van der Waals surface area contributed by atoms with Gasteiger partial charge in [0, 0.05) is 12.6 Å². The van der Waals surface area contributed by atoms with Gasteiger partial charge in [0.2, 0.25) is 0 Å². The maximum atomic E-state index is 10.8. The molecular formula is C14H24N2O9. The Morgan fingerprint density at radius 2 is 1.20 bits per heavy atom. The Balaban J connectivity index is 4.57. The minimum Gasteiger partial charge on any atom is -0.480 e. The second-order valence-electron chi connectivity index (χ2n) is 5.64. The standard InChI is InChI=1S/C14H24N2O9/c1-9(16(6-13(21)22)7-14(23)24)8-25-10(2)3-15(4-11(17)18)5-12(19)20/h9-10H,3-8H2,1-2H3,(H,17,18)(H,19,20)(H,21,22)(H,23,24). The molecule has 0 aliphatic carbocycles. The Kier molecular flexibility index (Phi) is 10.3. The molecule has 11 heteroatoms. The van der Waals surface area contributed by atoms with Gasteiger partial charge in [-0.15, -0.1) is 0 Å². The summed E-state index contributed by atoms with van der Waals surface area (Å²) in [7, 11) is 0. The third-order valence-electron chi connectivity index (χ3n) is 3.16. The van der Waals surface area contributed by atoms with Gasteiger partial charge >= 0.3 is 23.9 Å². The Bertz CT molecular complexity index is 451. The smallest absolute Gasteiger partial charge is 0.317 e. The Hall–Kier alpha value is -2.24. The third-order valence-corrected chi connectivity index (χ3v) is 3.16. The number of hydrogen-bond donors (Lipinski definition) is 4. The Morgan fingerprint density at radius 1 is 0.800 bits per heavy atom. The third kappa shape index (κ3) is 11.9. The van der Waals surface area contributed by atoms with Gasteiger partial charge in [-0.25, -0.2) is 0 Å². The van der Waals surface area contributed by atoms with Gasteiger partial charge in [0.15, 0.2) is 0 Å². The molecule has 0 bridgehead atoms. The van der Waals surface area contributed by atoms with Crippen LogP contribution in [0.15, 0.2) is 0 Å². The van der Waals surface area contributed by atoms with E-state index in [4.69, 9.17) is 25.2 Å². The monoisotopic (exact) mass is 364 g/mol. The average Bonchev–Trinajstić information content (AvgIpc) is 2.41. The molecule has 0 saturated heterocycles. The summed E-state index contributed by atoms with van der Waals surface area (Å²) in [5.41, 5.74) is 0. The van der Waals surface area contributed by atoms with Crippen LogP contribution in [0.3, 0.4) is 0 Å². The highest BCUT2D eigenvalue weighted by Crippen LogP contribution is 2.04. The number of aliphatic carboxylic acids is 4. The zero-order chi connectivity index (χ0) is 19.6. The zero-order valence-electron chi connectivity index (χ0n) is 14.1. The molecule has 25 heavy (non-hydrogen) atoms. The van der Waals surface area contributed by atoms with Crippen LogP contribution in [0.2, 0.25) is 0 Å². The molecule has 2 unspecified atom stereocenters. The quantitative estimate of drug-likeness (QED) is 0.290. The number of rotatable bonds is 14. The van der Waals surface area contributed by atoms with E-state index in [0.717, 1.165) is 0 Å².